The Morgan fingerprint density at radius 2 is 1.89 bits per heavy atom. The fourth-order valence-electron chi connectivity index (χ4n) is 3.75. The van der Waals surface area contributed by atoms with Crippen LogP contribution < -0.4 is 5.32 Å². The van der Waals surface area contributed by atoms with E-state index in [0.717, 1.165) is 57.0 Å². The van der Waals surface area contributed by atoms with E-state index in [2.05, 4.69) is 46.7 Å². The number of nitrogens with one attached hydrogen (secondary N) is 2. The molecule has 4 aromatic rings. The number of carbonyl (C=O) groups excluding carboxylic acids is 1. The van der Waals surface area contributed by atoms with Gasteiger partial charge in [0.25, 0.3) is 5.91 Å². The number of hydrogen-bond acceptors (Lipinski definition) is 2. The third-order valence-electron chi connectivity index (χ3n) is 5.11. The average molecular weight is 353 g/mol. The Morgan fingerprint density at radius 1 is 1.00 bits per heavy atom. The van der Waals surface area contributed by atoms with Gasteiger partial charge in [0, 0.05) is 29.2 Å². The number of amides is 1. The summed E-state index contributed by atoms with van der Waals surface area (Å²) >= 11 is 0. The second-order valence-corrected chi connectivity index (χ2v) is 6.89. The highest BCUT2D eigenvalue weighted by atomic mass is 16.1. The highest BCUT2D eigenvalue weighted by Crippen LogP contribution is 2.31. The van der Waals surface area contributed by atoms with Crippen molar-refractivity contribution in [2.45, 2.75) is 12.8 Å². The molecule has 0 aliphatic carbocycles. The summed E-state index contributed by atoms with van der Waals surface area (Å²) in [6.45, 7) is 0.716. The second-order valence-electron chi connectivity index (χ2n) is 6.89. The molecule has 1 aliphatic rings. The normalized spacial score (nSPS) is 14.4. The Balaban J connectivity index is 1.65. The number of fused-ring (bicyclic) bond motifs is 5. The predicted octanol–water partition coefficient (Wildman–Crippen LogP) is 4.56. The summed E-state index contributed by atoms with van der Waals surface area (Å²) in [5, 5.41) is 6.09. The topological polar surface area (TPSA) is 57.8 Å². The molecule has 3 heterocycles. The molecule has 0 spiro atoms. The number of benzene rings is 2. The number of rotatable bonds is 2. The number of aromatic nitrogens is 2. The van der Waals surface area contributed by atoms with E-state index in [-0.39, 0.29) is 5.91 Å². The maximum atomic E-state index is 12.5. The molecule has 2 aromatic heterocycles. The number of carbonyl (C=O) groups is 1. The molecular weight excluding hydrogens is 334 g/mol. The van der Waals surface area contributed by atoms with Crippen molar-refractivity contribution in [2.75, 3.05) is 6.54 Å². The van der Waals surface area contributed by atoms with Crippen LogP contribution in [0.15, 0.2) is 54.7 Å². The van der Waals surface area contributed by atoms with Crippen LogP contribution in [0.3, 0.4) is 0 Å². The minimum absolute atomic E-state index is 0.00367. The molecule has 1 aliphatic heterocycles. The molecule has 5 rings (SSSR count). The number of hydrogen-bond donors (Lipinski definition) is 2. The zero-order chi connectivity index (χ0) is 18.2. The Hall–Kier alpha value is -3.40. The van der Waals surface area contributed by atoms with E-state index in [1.807, 2.05) is 30.5 Å². The Kier molecular flexibility index (Phi) is 3.75. The van der Waals surface area contributed by atoms with E-state index in [9.17, 15) is 4.79 Å². The van der Waals surface area contributed by atoms with Gasteiger partial charge in [-0.25, -0.2) is 0 Å². The smallest absolute Gasteiger partial charge is 0.253 e. The molecule has 132 valence electrons. The lowest BCUT2D eigenvalue weighted by Gasteiger charge is -2.04. The molecule has 4 heteroatoms. The van der Waals surface area contributed by atoms with Crippen molar-refractivity contribution in [2.24, 2.45) is 0 Å². The maximum Gasteiger partial charge on any atom is 0.253 e. The fourth-order valence-corrected chi connectivity index (χ4v) is 3.75. The van der Waals surface area contributed by atoms with Crippen LogP contribution in [0.2, 0.25) is 0 Å². The van der Waals surface area contributed by atoms with Crippen molar-refractivity contribution in [1.29, 1.82) is 0 Å². The highest BCUT2D eigenvalue weighted by Gasteiger charge is 2.22. The molecule has 0 saturated carbocycles. The Morgan fingerprint density at radius 3 is 2.78 bits per heavy atom. The van der Waals surface area contributed by atoms with E-state index in [1.165, 1.54) is 0 Å². The second kappa shape index (κ2) is 6.40. The first-order valence-corrected chi connectivity index (χ1v) is 9.25. The molecule has 2 aromatic carbocycles. The monoisotopic (exact) mass is 353 g/mol. The van der Waals surface area contributed by atoms with Crippen LogP contribution in [-0.2, 0) is 6.42 Å². The summed E-state index contributed by atoms with van der Waals surface area (Å²) in [6, 6.07) is 16.4. The minimum atomic E-state index is -0.00367. The maximum absolute atomic E-state index is 12.5. The first kappa shape index (κ1) is 15.8. The van der Waals surface area contributed by atoms with Crippen molar-refractivity contribution in [3.63, 3.8) is 0 Å². The van der Waals surface area contributed by atoms with Gasteiger partial charge in [-0.05, 0) is 35.9 Å². The van der Waals surface area contributed by atoms with Crippen molar-refractivity contribution < 1.29 is 4.79 Å². The van der Waals surface area contributed by atoms with Gasteiger partial charge in [-0.15, -0.1) is 0 Å². The molecule has 0 unspecified atom stereocenters. The lowest BCUT2D eigenvalue weighted by molar-refractivity contribution is 0.0957. The largest absolute Gasteiger partial charge is 0.361 e. The fraction of sp³-hybridized carbons (Fsp3) is 0.130. The Labute approximate surface area is 156 Å². The van der Waals surface area contributed by atoms with Gasteiger partial charge in [-0.3, -0.25) is 9.78 Å². The Bertz CT molecular complexity index is 1190. The van der Waals surface area contributed by atoms with Gasteiger partial charge >= 0.3 is 0 Å². The van der Waals surface area contributed by atoms with E-state index in [1.54, 1.807) is 0 Å². The van der Waals surface area contributed by atoms with Crippen molar-refractivity contribution in [1.82, 2.24) is 15.3 Å². The molecule has 0 radical (unpaired) electrons. The zero-order valence-electron chi connectivity index (χ0n) is 14.8. The van der Waals surface area contributed by atoms with Crippen LogP contribution in [0.5, 0.6) is 0 Å². The molecule has 0 atom stereocenters. The number of nitrogens with zero attached hydrogens (tertiary/aromatic N) is 1. The molecule has 27 heavy (non-hydrogen) atoms. The van der Waals surface area contributed by atoms with E-state index < -0.39 is 0 Å². The van der Waals surface area contributed by atoms with E-state index in [0.29, 0.717) is 6.54 Å². The average Bonchev–Trinajstić information content (AvgIpc) is 2.99. The zero-order valence-corrected chi connectivity index (χ0v) is 14.8. The quantitative estimate of drug-likeness (QED) is 0.555. The molecule has 0 fully saturated rings. The van der Waals surface area contributed by atoms with Gasteiger partial charge in [-0.2, -0.15) is 0 Å². The van der Waals surface area contributed by atoms with Crippen LogP contribution in [0.4, 0.5) is 0 Å². The van der Waals surface area contributed by atoms with Crippen LogP contribution in [-0.4, -0.2) is 22.4 Å². The highest BCUT2D eigenvalue weighted by molar-refractivity contribution is 6.15. The number of H-pyrrole nitrogens is 1. The molecule has 2 N–H and O–H groups in total. The first-order valence-electron chi connectivity index (χ1n) is 9.25. The summed E-state index contributed by atoms with van der Waals surface area (Å²) in [5.74, 6) is -0.00367. The molecular formula is C23H19N3O. The van der Waals surface area contributed by atoms with E-state index >= 15 is 0 Å². The van der Waals surface area contributed by atoms with Gasteiger partial charge in [0.1, 0.15) is 0 Å². The number of aryl methyl sites for hydroxylation is 1. The first-order chi connectivity index (χ1) is 13.3. The summed E-state index contributed by atoms with van der Waals surface area (Å²) in [7, 11) is 0. The van der Waals surface area contributed by atoms with Crippen LogP contribution in [0, 0.1) is 0 Å². The standard InChI is InChI=1S/C23H19N3O/c27-23-21-18-11-9-16-14-25-17(10-8-15-5-2-1-3-6-15)13-19(16)22(18)26-20(21)7-4-12-24-23/h1-3,5-6,8-11,13-14,25H,4,7,12H2,(H,24,27). The van der Waals surface area contributed by atoms with Crippen molar-refractivity contribution >= 4 is 39.7 Å². The van der Waals surface area contributed by atoms with Crippen LogP contribution in [0.25, 0.3) is 33.8 Å². The third-order valence-corrected chi connectivity index (χ3v) is 5.11. The van der Waals surface area contributed by atoms with Gasteiger partial charge < -0.3 is 10.3 Å². The van der Waals surface area contributed by atoms with Gasteiger partial charge in [0.15, 0.2) is 0 Å². The molecule has 4 nitrogen and oxygen atoms in total. The molecule has 0 bridgehead atoms. The number of aromatic amines is 1. The number of pyridine rings is 1. The summed E-state index contributed by atoms with van der Waals surface area (Å²) in [5.41, 5.74) is 4.73. The molecule has 0 saturated heterocycles. The predicted molar refractivity (Wildman–Crippen MR) is 110 cm³/mol. The van der Waals surface area contributed by atoms with Gasteiger partial charge in [0.2, 0.25) is 0 Å². The summed E-state index contributed by atoms with van der Waals surface area (Å²) in [4.78, 5) is 20.7. The van der Waals surface area contributed by atoms with Crippen molar-refractivity contribution in [3.05, 3.63) is 77.2 Å². The van der Waals surface area contributed by atoms with Crippen molar-refractivity contribution in [3.8, 4) is 0 Å². The van der Waals surface area contributed by atoms with Gasteiger partial charge in [0.05, 0.1) is 16.8 Å². The van der Waals surface area contributed by atoms with E-state index in [4.69, 9.17) is 4.98 Å². The summed E-state index contributed by atoms with van der Waals surface area (Å²) < 4.78 is 0. The van der Waals surface area contributed by atoms with Crippen LogP contribution in [0.1, 0.15) is 33.7 Å². The lowest BCUT2D eigenvalue weighted by atomic mass is 10.0. The van der Waals surface area contributed by atoms with Crippen LogP contribution >= 0.6 is 0 Å². The lowest BCUT2D eigenvalue weighted by Crippen LogP contribution is -2.22. The summed E-state index contributed by atoms with van der Waals surface area (Å²) in [6.07, 6.45) is 7.91. The third kappa shape index (κ3) is 2.79. The van der Waals surface area contributed by atoms with Gasteiger partial charge in [-0.1, -0.05) is 48.5 Å². The SMILES string of the molecule is O=C1NCCCc2nc3c(ccc4c[nH]c(C=Cc5ccccc5)cc43)c21. The minimum Gasteiger partial charge on any atom is -0.361 e. The molecule has 1 amide bonds.